The molecular formula is C22H27FN4O3S2. The van der Waals surface area contributed by atoms with Crippen LogP contribution in [0.2, 0.25) is 0 Å². The van der Waals surface area contributed by atoms with Crippen LogP contribution in [0.15, 0.2) is 47.4 Å². The molecule has 2 aromatic carbocycles. The number of hydrogen-bond donors (Lipinski definition) is 0. The Morgan fingerprint density at radius 3 is 2.31 bits per heavy atom. The Labute approximate surface area is 192 Å². The standard InChI is InChI=1S/C22H27FN4O3S2/c1-15(2)26(5)32(29,30)18-9-6-16(7-10-18)21(28)27(13-12-25(3)4)22-24-19-11-8-17(23)14-20(19)31-22/h6-11,14-15H,12-13H2,1-5H3. The zero-order valence-electron chi connectivity index (χ0n) is 18.7. The highest BCUT2D eigenvalue weighted by atomic mass is 32.2. The zero-order chi connectivity index (χ0) is 23.6. The first kappa shape index (κ1) is 24.2. The van der Waals surface area contributed by atoms with Crippen molar-refractivity contribution in [3.8, 4) is 0 Å². The van der Waals surface area contributed by atoms with E-state index in [-0.39, 0.29) is 22.7 Å². The summed E-state index contributed by atoms with van der Waals surface area (Å²) < 4.78 is 40.9. The minimum atomic E-state index is -3.64. The first-order valence-electron chi connectivity index (χ1n) is 10.1. The second kappa shape index (κ2) is 9.62. The van der Waals surface area contributed by atoms with Crippen molar-refractivity contribution in [1.29, 1.82) is 0 Å². The summed E-state index contributed by atoms with van der Waals surface area (Å²) in [4.78, 5) is 21.5. The molecule has 0 atom stereocenters. The Hall–Kier alpha value is -2.40. The fourth-order valence-corrected chi connectivity index (χ4v) is 5.34. The third-order valence-electron chi connectivity index (χ3n) is 5.09. The van der Waals surface area contributed by atoms with Gasteiger partial charge in [0.05, 0.1) is 15.1 Å². The van der Waals surface area contributed by atoms with Crippen LogP contribution in [-0.4, -0.2) is 68.8 Å². The minimum absolute atomic E-state index is 0.126. The number of anilines is 1. The average molecular weight is 479 g/mol. The van der Waals surface area contributed by atoms with Crippen LogP contribution in [0.5, 0.6) is 0 Å². The van der Waals surface area contributed by atoms with Gasteiger partial charge in [0.2, 0.25) is 10.0 Å². The third-order valence-corrected chi connectivity index (χ3v) is 8.18. The molecule has 0 unspecified atom stereocenters. The Bertz CT molecular complexity index is 1210. The molecule has 3 rings (SSSR count). The predicted molar refractivity (Wildman–Crippen MR) is 126 cm³/mol. The number of carbonyl (C=O) groups is 1. The van der Waals surface area contributed by atoms with E-state index in [0.717, 1.165) is 0 Å². The Balaban J connectivity index is 1.94. The summed E-state index contributed by atoms with van der Waals surface area (Å²) >= 11 is 1.24. The van der Waals surface area contributed by atoms with Crippen LogP contribution in [0, 0.1) is 5.82 Å². The van der Waals surface area contributed by atoms with Gasteiger partial charge in [0.25, 0.3) is 5.91 Å². The second-order valence-corrected chi connectivity index (χ2v) is 11.0. The Kier molecular flexibility index (Phi) is 7.29. The molecule has 0 radical (unpaired) electrons. The summed E-state index contributed by atoms with van der Waals surface area (Å²) in [6.07, 6.45) is 0. The normalized spacial score (nSPS) is 12.3. The van der Waals surface area contributed by atoms with Crippen molar-refractivity contribution in [2.45, 2.75) is 24.8 Å². The molecule has 7 nitrogen and oxygen atoms in total. The second-order valence-electron chi connectivity index (χ2n) is 8.01. The molecule has 1 aromatic heterocycles. The topological polar surface area (TPSA) is 73.8 Å². The van der Waals surface area contributed by atoms with E-state index < -0.39 is 10.0 Å². The molecule has 172 valence electrons. The minimum Gasteiger partial charge on any atom is -0.308 e. The van der Waals surface area contributed by atoms with Gasteiger partial charge in [-0.3, -0.25) is 9.69 Å². The van der Waals surface area contributed by atoms with Crippen LogP contribution < -0.4 is 4.90 Å². The number of halogens is 1. The maximum Gasteiger partial charge on any atom is 0.260 e. The van der Waals surface area contributed by atoms with Gasteiger partial charge in [-0.1, -0.05) is 11.3 Å². The van der Waals surface area contributed by atoms with Gasteiger partial charge in [-0.25, -0.2) is 17.8 Å². The number of benzene rings is 2. The lowest BCUT2D eigenvalue weighted by Crippen LogP contribution is -2.37. The van der Waals surface area contributed by atoms with Gasteiger partial charge in [0.1, 0.15) is 5.82 Å². The summed E-state index contributed by atoms with van der Waals surface area (Å²) in [5.41, 5.74) is 0.965. The van der Waals surface area contributed by atoms with Crippen molar-refractivity contribution in [2.75, 3.05) is 39.1 Å². The Morgan fingerprint density at radius 2 is 1.72 bits per heavy atom. The van der Waals surface area contributed by atoms with Crippen LogP contribution >= 0.6 is 11.3 Å². The van der Waals surface area contributed by atoms with E-state index in [9.17, 15) is 17.6 Å². The van der Waals surface area contributed by atoms with E-state index in [1.54, 1.807) is 24.8 Å². The molecule has 0 aliphatic heterocycles. The van der Waals surface area contributed by atoms with Crippen molar-refractivity contribution >= 4 is 42.6 Å². The maximum atomic E-state index is 13.6. The van der Waals surface area contributed by atoms with Gasteiger partial charge in [0, 0.05) is 31.7 Å². The van der Waals surface area contributed by atoms with E-state index in [1.807, 2.05) is 19.0 Å². The molecule has 10 heteroatoms. The van der Waals surface area contributed by atoms with Crippen LogP contribution in [0.1, 0.15) is 24.2 Å². The molecule has 32 heavy (non-hydrogen) atoms. The molecule has 0 aliphatic rings. The number of thiazole rings is 1. The van der Waals surface area contributed by atoms with Gasteiger partial charge in [-0.05, 0) is 70.4 Å². The number of carbonyl (C=O) groups excluding carboxylic acids is 1. The van der Waals surface area contributed by atoms with Gasteiger partial charge < -0.3 is 4.90 Å². The molecule has 0 bridgehead atoms. The van der Waals surface area contributed by atoms with Crippen LogP contribution in [0.4, 0.5) is 9.52 Å². The molecule has 0 saturated heterocycles. The number of sulfonamides is 1. The highest BCUT2D eigenvalue weighted by molar-refractivity contribution is 7.89. The highest BCUT2D eigenvalue weighted by Crippen LogP contribution is 2.30. The third kappa shape index (κ3) is 5.15. The monoisotopic (exact) mass is 478 g/mol. The molecular weight excluding hydrogens is 451 g/mol. The van der Waals surface area contributed by atoms with Crippen molar-refractivity contribution in [1.82, 2.24) is 14.2 Å². The van der Waals surface area contributed by atoms with E-state index in [1.165, 1.54) is 59.1 Å². The molecule has 0 saturated carbocycles. The molecule has 1 heterocycles. The summed E-state index contributed by atoms with van der Waals surface area (Å²) in [6.45, 7) is 4.57. The number of amides is 1. The van der Waals surface area contributed by atoms with E-state index >= 15 is 0 Å². The number of nitrogens with zero attached hydrogens (tertiary/aromatic N) is 4. The molecule has 0 aliphatic carbocycles. The molecule has 0 spiro atoms. The van der Waals surface area contributed by atoms with Gasteiger partial charge in [0.15, 0.2) is 5.13 Å². The summed E-state index contributed by atoms with van der Waals surface area (Å²) in [5, 5.41) is 0.466. The van der Waals surface area contributed by atoms with Crippen molar-refractivity contribution < 1.29 is 17.6 Å². The highest BCUT2D eigenvalue weighted by Gasteiger charge is 2.25. The van der Waals surface area contributed by atoms with Crippen LogP contribution in [0.25, 0.3) is 10.2 Å². The zero-order valence-corrected chi connectivity index (χ0v) is 20.4. The number of fused-ring (bicyclic) bond motifs is 1. The predicted octanol–water partition coefficient (Wildman–Crippen LogP) is 3.67. The number of likely N-dealkylation sites (N-methyl/N-ethyl adjacent to an activating group) is 1. The lowest BCUT2D eigenvalue weighted by Gasteiger charge is -2.23. The molecule has 0 fully saturated rings. The first-order valence-corrected chi connectivity index (χ1v) is 12.4. The lowest BCUT2D eigenvalue weighted by atomic mass is 10.2. The number of aromatic nitrogens is 1. The van der Waals surface area contributed by atoms with Gasteiger partial charge >= 0.3 is 0 Å². The smallest absolute Gasteiger partial charge is 0.260 e. The summed E-state index contributed by atoms with van der Waals surface area (Å²) in [7, 11) is 1.69. The van der Waals surface area contributed by atoms with E-state index in [2.05, 4.69) is 4.98 Å². The van der Waals surface area contributed by atoms with Crippen LogP contribution in [-0.2, 0) is 10.0 Å². The summed E-state index contributed by atoms with van der Waals surface area (Å²) in [5.74, 6) is -0.658. The van der Waals surface area contributed by atoms with Crippen molar-refractivity contribution in [3.05, 3.63) is 53.8 Å². The van der Waals surface area contributed by atoms with Crippen LogP contribution in [0.3, 0.4) is 0 Å². The molecule has 3 aromatic rings. The fraction of sp³-hybridized carbons (Fsp3) is 0.364. The van der Waals surface area contributed by atoms with Gasteiger partial charge in [-0.2, -0.15) is 4.31 Å². The quantitative estimate of drug-likeness (QED) is 0.494. The van der Waals surface area contributed by atoms with Crippen molar-refractivity contribution in [3.63, 3.8) is 0 Å². The Morgan fingerprint density at radius 1 is 1.06 bits per heavy atom. The van der Waals surface area contributed by atoms with Crippen molar-refractivity contribution in [2.24, 2.45) is 0 Å². The first-order chi connectivity index (χ1) is 15.0. The SMILES string of the molecule is CC(C)N(C)S(=O)(=O)c1ccc(C(=O)N(CCN(C)C)c2nc3ccc(F)cc3s2)cc1. The molecule has 0 N–H and O–H groups in total. The summed E-state index contributed by atoms with van der Waals surface area (Å²) in [6, 6.07) is 10.0. The number of hydrogen-bond acceptors (Lipinski definition) is 6. The van der Waals surface area contributed by atoms with E-state index in [0.29, 0.717) is 34.0 Å². The lowest BCUT2D eigenvalue weighted by molar-refractivity contribution is 0.0985. The largest absolute Gasteiger partial charge is 0.308 e. The number of rotatable bonds is 8. The fourth-order valence-electron chi connectivity index (χ4n) is 2.95. The van der Waals surface area contributed by atoms with E-state index in [4.69, 9.17) is 0 Å². The molecule has 1 amide bonds. The average Bonchev–Trinajstić information content (AvgIpc) is 3.15. The van der Waals surface area contributed by atoms with Gasteiger partial charge in [-0.15, -0.1) is 0 Å². The maximum absolute atomic E-state index is 13.6.